The molecule has 2 aromatic carbocycles. The molecule has 1 heterocycles. The lowest BCUT2D eigenvalue weighted by atomic mass is 10.1. The minimum Gasteiger partial charge on any atom is -0.497 e. The summed E-state index contributed by atoms with van der Waals surface area (Å²) in [4.78, 5) is 21.7. The Hall–Kier alpha value is -2.81. The first-order valence-corrected chi connectivity index (χ1v) is 13.9. The normalized spacial score (nSPS) is 16.9. The lowest BCUT2D eigenvalue weighted by Crippen LogP contribution is -2.47. The fourth-order valence-electron chi connectivity index (χ4n) is 4.54. The third kappa shape index (κ3) is 7.84. The molecule has 7 nitrogen and oxygen atoms in total. The van der Waals surface area contributed by atoms with E-state index in [1.54, 1.807) is 26.6 Å². The molecule has 0 bridgehead atoms. The molecule has 1 aliphatic rings. The number of hydrogen-bond acceptors (Lipinski definition) is 7. The van der Waals surface area contributed by atoms with Gasteiger partial charge in [0.2, 0.25) is 5.91 Å². The number of thioether (sulfide) groups is 1. The van der Waals surface area contributed by atoms with Gasteiger partial charge in [-0.05, 0) is 68.5 Å². The Morgan fingerprint density at radius 2 is 1.86 bits per heavy atom. The topological polar surface area (TPSA) is 85.4 Å². The summed E-state index contributed by atoms with van der Waals surface area (Å²) >= 11 is 7.35. The van der Waals surface area contributed by atoms with Crippen LogP contribution in [0.2, 0.25) is 5.02 Å². The molecule has 0 unspecified atom stereocenters. The Labute approximate surface area is 227 Å². The van der Waals surface area contributed by atoms with Gasteiger partial charge in [-0.1, -0.05) is 35.5 Å². The zero-order valence-corrected chi connectivity index (χ0v) is 22.8. The van der Waals surface area contributed by atoms with Gasteiger partial charge in [0.05, 0.1) is 38.1 Å². The molecular formula is C28H33ClN4O3S. The van der Waals surface area contributed by atoms with Crippen LogP contribution in [0.1, 0.15) is 31.2 Å². The minimum atomic E-state index is 0.0209. The fraction of sp³-hybridized carbons (Fsp3) is 0.393. The van der Waals surface area contributed by atoms with Crippen LogP contribution in [-0.2, 0) is 11.2 Å². The SMILES string of the molecule is COc1ccc(-c2cnc(SCC(=O)N[C@@H]3CCC[C@H]3NCCCc3ccc(Cl)cc3)cn2)c(OC)c1. The largest absolute Gasteiger partial charge is 0.497 e. The van der Waals surface area contributed by atoms with Crippen molar-refractivity contribution in [1.29, 1.82) is 0 Å². The lowest BCUT2D eigenvalue weighted by molar-refractivity contribution is -0.119. The van der Waals surface area contributed by atoms with Crippen LogP contribution in [0, 0.1) is 0 Å². The van der Waals surface area contributed by atoms with Crippen molar-refractivity contribution in [3.8, 4) is 22.8 Å². The Kier molecular flexibility index (Phi) is 10.0. The van der Waals surface area contributed by atoms with E-state index >= 15 is 0 Å². The number of nitrogens with zero attached hydrogens (tertiary/aromatic N) is 2. The highest BCUT2D eigenvalue weighted by Gasteiger charge is 2.27. The van der Waals surface area contributed by atoms with E-state index in [4.69, 9.17) is 21.1 Å². The second-order valence-corrected chi connectivity index (χ2v) is 10.4. The van der Waals surface area contributed by atoms with Crippen molar-refractivity contribution in [1.82, 2.24) is 20.6 Å². The van der Waals surface area contributed by atoms with Gasteiger partial charge in [-0.25, -0.2) is 4.98 Å². The van der Waals surface area contributed by atoms with Gasteiger partial charge in [-0.3, -0.25) is 9.78 Å². The molecule has 3 aromatic rings. The molecule has 1 fully saturated rings. The van der Waals surface area contributed by atoms with Crippen LogP contribution in [0.5, 0.6) is 11.5 Å². The van der Waals surface area contributed by atoms with Crippen molar-refractivity contribution >= 4 is 29.3 Å². The third-order valence-electron chi connectivity index (χ3n) is 6.49. The van der Waals surface area contributed by atoms with Crippen molar-refractivity contribution in [2.45, 2.75) is 49.2 Å². The predicted molar refractivity (Wildman–Crippen MR) is 149 cm³/mol. The summed E-state index contributed by atoms with van der Waals surface area (Å²) < 4.78 is 10.7. The van der Waals surface area contributed by atoms with Gasteiger partial charge in [0, 0.05) is 28.7 Å². The summed E-state index contributed by atoms with van der Waals surface area (Å²) in [6.07, 6.45) is 8.66. The molecule has 1 saturated carbocycles. The standard InChI is InChI=1S/C28H33ClN4O3S/c1-35-21-12-13-22(26(15-21)36-2)25-16-32-28(17-31-25)37-18-27(34)33-24-7-3-6-23(24)30-14-4-5-19-8-10-20(29)11-9-19/h8-13,15-17,23-24,30H,3-7,14,18H2,1-2H3,(H,33,34)/t23-,24-/m1/s1. The number of aryl methyl sites for hydroxylation is 1. The summed E-state index contributed by atoms with van der Waals surface area (Å²) in [6, 6.07) is 14.1. The summed E-state index contributed by atoms with van der Waals surface area (Å²) in [7, 11) is 3.23. The average molecular weight is 541 g/mol. The molecule has 2 N–H and O–H groups in total. The van der Waals surface area contributed by atoms with Gasteiger partial charge in [0.15, 0.2) is 0 Å². The summed E-state index contributed by atoms with van der Waals surface area (Å²) in [5.74, 6) is 1.70. The van der Waals surface area contributed by atoms with E-state index in [1.807, 2.05) is 30.3 Å². The van der Waals surface area contributed by atoms with Gasteiger partial charge >= 0.3 is 0 Å². The molecule has 196 valence electrons. The van der Waals surface area contributed by atoms with E-state index in [9.17, 15) is 4.79 Å². The second-order valence-electron chi connectivity index (χ2n) is 8.99. The zero-order valence-electron chi connectivity index (χ0n) is 21.2. The van der Waals surface area contributed by atoms with Crippen molar-refractivity contribution in [3.63, 3.8) is 0 Å². The van der Waals surface area contributed by atoms with Crippen LogP contribution in [0.4, 0.5) is 0 Å². The van der Waals surface area contributed by atoms with E-state index in [-0.39, 0.29) is 11.9 Å². The molecule has 1 amide bonds. The quantitative estimate of drug-likeness (QED) is 0.242. The number of carbonyl (C=O) groups is 1. The second kappa shape index (κ2) is 13.7. The Morgan fingerprint density at radius 1 is 1.05 bits per heavy atom. The predicted octanol–water partition coefficient (Wildman–Crippen LogP) is 5.17. The third-order valence-corrected chi connectivity index (χ3v) is 7.65. The monoisotopic (exact) mass is 540 g/mol. The first-order valence-electron chi connectivity index (χ1n) is 12.5. The number of amides is 1. The fourth-order valence-corrected chi connectivity index (χ4v) is 5.28. The average Bonchev–Trinajstić information content (AvgIpc) is 3.37. The summed E-state index contributed by atoms with van der Waals surface area (Å²) in [5, 5.41) is 8.33. The maximum Gasteiger partial charge on any atom is 0.230 e. The number of carbonyl (C=O) groups excluding carboxylic acids is 1. The molecule has 37 heavy (non-hydrogen) atoms. The van der Waals surface area contributed by atoms with Crippen LogP contribution >= 0.6 is 23.4 Å². The summed E-state index contributed by atoms with van der Waals surface area (Å²) in [5.41, 5.74) is 2.82. The zero-order chi connectivity index (χ0) is 26.0. The van der Waals surface area contributed by atoms with Gasteiger partial charge in [-0.15, -0.1) is 0 Å². The van der Waals surface area contributed by atoms with Crippen LogP contribution in [0.25, 0.3) is 11.3 Å². The van der Waals surface area contributed by atoms with Gasteiger partial charge in [0.25, 0.3) is 0 Å². The van der Waals surface area contributed by atoms with Crippen LogP contribution in [0.15, 0.2) is 59.9 Å². The maximum atomic E-state index is 12.6. The van der Waals surface area contributed by atoms with Crippen LogP contribution < -0.4 is 20.1 Å². The number of hydrogen-bond donors (Lipinski definition) is 2. The molecular weight excluding hydrogens is 508 g/mol. The number of halogens is 1. The van der Waals surface area contributed by atoms with E-state index in [0.29, 0.717) is 34.0 Å². The first-order chi connectivity index (χ1) is 18.1. The number of rotatable bonds is 12. The molecule has 9 heteroatoms. The number of aromatic nitrogens is 2. The molecule has 1 aromatic heterocycles. The van der Waals surface area contributed by atoms with Crippen LogP contribution in [0.3, 0.4) is 0 Å². The molecule has 0 radical (unpaired) electrons. The maximum absolute atomic E-state index is 12.6. The van der Waals surface area contributed by atoms with Crippen LogP contribution in [-0.4, -0.2) is 54.5 Å². The first kappa shape index (κ1) is 27.2. The van der Waals surface area contributed by atoms with Gasteiger partial charge < -0.3 is 20.1 Å². The van der Waals surface area contributed by atoms with Crippen molar-refractivity contribution in [3.05, 3.63) is 65.4 Å². The highest BCUT2D eigenvalue weighted by molar-refractivity contribution is 7.99. The van der Waals surface area contributed by atoms with E-state index in [2.05, 4.69) is 32.7 Å². The number of ether oxygens (including phenoxy) is 2. The highest BCUT2D eigenvalue weighted by Crippen LogP contribution is 2.32. The van der Waals surface area contributed by atoms with Crippen molar-refractivity contribution in [2.75, 3.05) is 26.5 Å². The molecule has 1 aliphatic carbocycles. The number of benzene rings is 2. The van der Waals surface area contributed by atoms with Gasteiger partial charge in [0.1, 0.15) is 16.5 Å². The highest BCUT2D eigenvalue weighted by atomic mass is 35.5. The molecule has 4 rings (SSSR count). The van der Waals surface area contributed by atoms with Gasteiger partial charge in [-0.2, -0.15) is 0 Å². The smallest absolute Gasteiger partial charge is 0.230 e. The molecule has 0 saturated heterocycles. The van der Waals surface area contributed by atoms with Crippen molar-refractivity contribution < 1.29 is 14.3 Å². The molecule has 2 atom stereocenters. The van der Waals surface area contributed by atoms with Crippen molar-refractivity contribution in [2.24, 2.45) is 0 Å². The molecule has 0 spiro atoms. The number of methoxy groups -OCH3 is 2. The Bertz CT molecular complexity index is 1160. The van der Waals surface area contributed by atoms with E-state index in [0.717, 1.165) is 49.2 Å². The molecule has 0 aliphatic heterocycles. The van der Waals surface area contributed by atoms with E-state index in [1.165, 1.54) is 17.3 Å². The Balaban J connectivity index is 1.21. The number of nitrogens with one attached hydrogen (secondary N) is 2. The minimum absolute atomic E-state index is 0.0209. The lowest BCUT2D eigenvalue weighted by Gasteiger charge is -2.22. The summed E-state index contributed by atoms with van der Waals surface area (Å²) in [6.45, 7) is 0.926. The Morgan fingerprint density at radius 3 is 2.59 bits per heavy atom. The van der Waals surface area contributed by atoms with E-state index < -0.39 is 0 Å².